The molecule has 3 rings (SSSR count). The van der Waals surface area contributed by atoms with Crippen LogP contribution >= 0.6 is 0 Å². The van der Waals surface area contributed by atoms with E-state index in [4.69, 9.17) is 0 Å². The van der Waals surface area contributed by atoms with Gasteiger partial charge in [-0.05, 0) is 0 Å². The fourth-order valence-electron chi connectivity index (χ4n) is 7.10. The van der Waals surface area contributed by atoms with Gasteiger partial charge in [-0.3, -0.25) is 0 Å². The summed E-state index contributed by atoms with van der Waals surface area (Å²) >= 11 is 0. The van der Waals surface area contributed by atoms with Gasteiger partial charge in [-0.25, -0.2) is 0 Å². The molecule has 0 saturated heterocycles. The van der Waals surface area contributed by atoms with E-state index >= 15 is 0 Å². The summed E-state index contributed by atoms with van der Waals surface area (Å²) in [6.45, 7) is 12.2. The van der Waals surface area contributed by atoms with Gasteiger partial charge in [0.05, 0.1) is 0 Å². The van der Waals surface area contributed by atoms with E-state index in [0.29, 0.717) is 17.8 Å². The van der Waals surface area contributed by atoms with Gasteiger partial charge in [0.2, 0.25) is 0 Å². The molecule has 6 atom stereocenters. The summed E-state index contributed by atoms with van der Waals surface area (Å²) in [4.78, 5) is 0. The summed E-state index contributed by atoms with van der Waals surface area (Å²) < 4.78 is 0. The molecule has 0 aliphatic heterocycles. The smallest absolute Gasteiger partial charge is 0.849 e. The van der Waals surface area contributed by atoms with E-state index in [-0.39, 0.29) is 17.1 Å². The summed E-state index contributed by atoms with van der Waals surface area (Å²) in [5.41, 5.74) is -1.89. The largest absolute Gasteiger partial charge is 3.00 e. The van der Waals surface area contributed by atoms with E-state index in [9.17, 15) is 15.3 Å². The van der Waals surface area contributed by atoms with Crippen LogP contribution in [0.3, 0.4) is 0 Å². The van der Waals surface area contributed by atoms with Crippen LogP contribution in [-0.2, 0) is 17.1 Å². The van der Waals surface area contributed by atoms with Crippen LogP contribution in [0.5, 0.6) is 0 Å². The van der Waals surface area contributed by atoms with Crippen LogP contribution in [0, 0.1) is 17.8 Å². The molecule has 4 heteroatoms. The van der Waals surface area contributed by atoms with Crippen LogP contribution in [-0.4, -0.2) is 16.8 Å². The fraction of sp³-hybridized carbons (Fsp3) is 1.00. The first kappa shape index (κ1) is 37.4. The molecular weight excluding hydrogens is 500 g/mol. The van der Waals surface area contributed by atoms with E-state index in [1.807, 2.05) is 20.8 Å². The Morgan fingerprint density at radius 2 is 0.649 bits per heavy atom. The standard InChI is InChI=1S/3C11H21O.Fe/c3*1-3-10-8-6-4-5-7-9-11(10,2)12;/h3*10H,3-9H2,1-2H3;/q3*-1;+3. The van der Waals surface area contributed by atoms with Gasteiger partial charge in [-0.1, -0.05) is 194 Å². The summed E-state index contributed by atoms with van der Waals surface area (Å²) in [6.07, 6.45) is 24.5. The van der Waals surface area contributed by atoms with Gasteiger partial charge in [0.25, 0.3) is 0 Å². The molecule has 0 amide bonds. The van der Waals surface area contributed by atoms with Crippen LogP contribution < -0.4 is 15.3 Å². The Balaban J connectivity index is 0.000000518. The van der Waals surface area contributed by atoms with E-state index in [2.05, 4.69) is 20.8 Å². The molecule has 0 bridgehead atoms. The number of hydrogen-bond acceptors (Lipinski definition) is 3. The molecule has 6 unspecified atom stereocenters. The Labute approximate surface area is 242 Å². The third kappa shape index (κ3) is 14.6. The first-order chi connectivity index (χ1) is 17.0. The summed E-state index contributed by atoms with van der Waals surface area (Å²) in [6, 6.07) is 0. The molecule has 0 N–H and O–H groups in total. The Hall–Kier alpha value is 0.399. The number of rotatable bonds is 3. The molecule has 37 heavy (non-hydrogen) atoms. The predicted molar refractivity (Wildman–Crippen MR) is 150 cm³/mol. The minimum absolute atomic E-state index is 0. The van der Waals surface area contributed by atoms with Crippen molar-refractivity contribution in [1.82, 2.24) is 0 Å². The van der Waals surface area contributed by atoms with Crippen molar-refractivity contribution in [3.8, 4) is 0 Å². The molecule has 3 nitrogen and oxygen atoms in total. The van der Waals surface area contributed by atoms with Crippen molar-refractivity contribution >= 4 is 0 Å². The molecule has 0 spiro atoms. The van der Waals surface area contributed by atoms with Gasteiger partial charge in [-0.15, -0.1) is 16.8 Å². The minimum atomic E-state index is -0.630. The normalized spacial score (nSPS) is 37.7. The summed E-state index contributed by atoms with van der Waals surface area (Å²) in [5, 5.41) is 36.2. The number of hydrogen-bond donors (Lipinski definition) is 0. The van der Waals surface area contributed by atoms with Crippen molar-refractivity contribution < 1.29 is 32.4 Å². The molecule has 221 valence electrons. The van der Waals surface area contributed by atoms with Crippen LogP contribution in [0.25, 0.3) is 0 Å². The third-order valence-electron chi connectivity index (χ3n) is 10.00. The average Bonchev–Trinajstić information content (AvgIpc) is 2.79. The Bertz CT molecular complexity index is 470. The maximum atomic E-state index is 12.1. The second-order valence-corrected chi connectivity index (χ2v) is 13.1. The first-order valence-corrected chi connectivity index (χ1v) is 16.1. The molecule has 3 fully saturated rings. The van der Waals surface area contributed by atoms with Gasteiger partial charge in [-0.2, -0.15) is 0 Å². The zero-order valence-electron chi connectivity index (χ0n) is 25.7. The molecule has 3 saturated carbocycles. The van der Waals surface area contributed by atoms with Gasteiger partial charge in [0.1, 0.15) is 0 Å². The molecule has 3 aliphatic carbocycles. The monoisotopic (exact) mass is 563 g/mol. The first-order valence-electron chi connectivity index (χ1n) is 16.1. The maximum Gasteiger partial charge on any atom is 3.00 e. The molecule has 0 heterocycles. The van der Waals surface area contributed by atoms with Crippen LogP contribution in [0.15, 0.2) is 0 Å². The SMILES string of the molecule is CCC1CCCCCCC1(C)[O-].CCC1CCCCCCC1(C)[O-].CCC1CCCCCCC1(C)[O-].[Fe+3]. The molecular formula is C33H63FeO3. The second-order valence-electron chi connectivity index (χ2n) is 13.1. The van der Waals surface area contributed by atoms with Crippen molar-refractivity contribution in [2.24, 2.45) is 17.8 Å². The van der Waals surface area contributed by atoms with Crippen molar-refractivity contribution in [2.45, 2.75) is 193 Å². The third-order valence-corrected chi connectivity index (χ3v) is 10.00. The zero-order valence-corrected chi connectivity index (χ0v) is 26.8. The maximum absolute atomic E-state index is 12.1. The van der Waals surface area contributed by atoms with Gasteiger partial charge in [0, 0.05) is 0 Å². The van der Waals surface area contributed by atoms with E-state index in [1.165, 1.54) is 57.8 Å². The quantitative estimate of drug-likeness (QED) is 0.335. The minimum Gasteiger partial charge on any atom is -0.849 e. The summed E-state index contributed by atoms with van der Waals surface area (Å²) in [7, 11) is 0. The van der Waals surface area contributed by atoms with Crippen LogP contribution in [0.2, 0.25) is 0 Å². The molecule has 3 aliphatic rings. The molecule has 1 radical (unpaired) electrons. The molecule has 0 aromatic carbocycles. The van der Waals surface area contributed by atoms with E-state index < -0.39 is 16.8 Å². The zero-order chi connectivity index (χ0) is 27.1. The van der Waals surface area contributed by atoms with Crippen LogP contribution in [0.1, 0.15) is 176 Å². The van der Waals surface area contributed by atoms with Gasteiger partial charge in [0.15, 0.2) is 0 Å². The van der Waals surface area contributed by atoms with Crippen LogP contribution in [0.4, 0.5) is 0 Å². The van der Waals surface area contributed by atoms with Crippen molar-refractivity contribution in [3.63, 3.8) is 0 Å². The summed E-state index contributed by atoms with van der Waals surface area (Å²) in [5.74, 6) is 1.29. The second kappa shape index (κ2) is 19.5. The van der Waals surface area contributed by atoms with Gasteiger partial charge < -0.3 is 15.3 Å². The Morgan fingerprint density at radius 3 is 0.865 bits per heavy atom. The predicted octanol–water partition coefficient (Wildman–Crippen LogP) is 7.45. The van der Waals surface area contributed by atoms with Crippen molar-refractivity contribution in [2.75, 3.05) is 0 Å². The van der Waals surface area contributed by atoms with E-state index in [1.54, 1.807) is 0 Å². The van der Waals surface area contributed by atoms with Crippen molar-refractivity contribution in [3.05, 3.63) is 0 Å². The molecule has 0 aromatic heterocycles. The average molecular weight is 564 g/mol. The fourth-order valence-corrected chi connectivity index (χ4v) is 7.10. The van der Waals surface area contributed by atoms with E-state index in [0.717, 1.165) is 77.0 Å². The van der Waals surface area contributed by atoms with Gasteiger partial charge >= 0.3 is 17.1 Å². The topological polar surface area (TPSA) is 69.2 Å². The Kier molecular flexibility index (Phi) is 19.7. The Morgan fingerprint density at radius 1 is 0.432 bits per heavy atom. The van der Waals surface area contributed by atoms with Crippen molar-refractivity contribution in [1.29, 1.82) is 0 Å². The molecule has 0 aromatic rings.